The molecule has 1 heterocycles. The molecule has 0 atom stereocenters. The predicted octanol–water partition coefficient (Wildman–Crippen LogP) is 2.16. The van der Waals surface area contributed by atoms with E-state index < -0.39 is 0 Å². The Morgan fingerprint density at radius 3 is 2.86 bits per heavy atom. The lowest BCUT2D eigenvalue weighted by atomic mass is 10.2. The Morgan fingerprint density at radius 2 is 2.14 bits per heavy atom. The molecule has 0 aliphatic rings. The number of benzene rings is 1. The lowest BCUT2D eigenvalue weighted by Gasteiger charge is -1.98. The molecular weight excluding hydrogens is 244 g/mol. The van der Waals surface area contributed by atoms with Crippen molar-refractivity contribution in [2.75, 3.05) is 0 Å². The van der Waals surface area contributed by atoms with Gasteiger partial charge in [0.05, 0.1) is 5.52 Å². The maximum Gasteiger partial charge on any atom is 0.190 e. The van der Waals surface area contributed by atoms with E-state index in [1.54, 1.807) is 12.1 Å². The molecule has 3 nitrogen and oxygen atoms in total. The molecule has 2 aromatic rings. The van der Waals surface area contributed by atoms with Crippen LogP contribution >= 0.6 is 15.9 Å². The van der Waals surface area contributed by atoms with Crippen LogP contribution in [0.1, 0.15) is 5.69 Å². The zero-order valence-electron chi connectivity index (χ0n) is 7.04. The quantitative estimate of drug-likeness (QED) is 0.777. The predicted molar refractivity (Wildman–Crippen MR) is 57.0 cm³/mol. The maximum absolute atomic E-state index is 11.5. The number of fused-ring (bicyclic) bond motifs is 1. The molecule has 68 valence electrons. The Hall–Kier alpha value is -1.60. The Morgan fingerprint density at radius 1 is 1.36 bits per heavy atom. The Labute approximate surface area is 88.1 Å². The van der Waals surface area contributed by atoms with E-state index in [0.717, 1.165) is 4.47 Å². The number of halogens is 1. The van der Waals surface area contributed by atoms with Crippen molar-refractivity contribution in [2.45, 2.75) is 0 Å². The van der Waals surface area contributed by atoms with Crippen LogP contribution in [0.15, 0.2) is 33.5 Å². The van der Waals surface area contributed by atoms with Gasteiger partial charge in [-0.1, -0.05) is 15.9 Å². The number of nitrogens with one attached hydrogen (secondary N) is 1. The molecule has 0 saturated carbocycles. The minimum Gasteiger partial charge on any atom is -0.346 e. The zero-order chi connectivity index (χ0) is 10.1. The Balaban J connectivity index is 2.92. The van der Waals surface area contributed by atoms with Crippen LogP contribution in [0.2, 0.25) is 0 Å². The van der Waals surface area contributed by atoms with Crippen molar-refractivity contribution in [3.8, 4) is 6.07 Å². The van der Waals surface area contributed by atoms with Gasteiger partial charge in [0.25, 0.3) is 0 Å². The summed E-state index contributed by atoms with van der Waals surface area (Å²) in [6.45, 7) is 0. The van der Waals surface area contributed by atoms with Crippen LogP contribution in [0.25, 0.3) is 10.9 Å². The van der Waals surface area contributed by atoms with Crippen molar-refractivity contribution >= 4 is 26.8 Å². The highest BCUT2D eigenvalue weighted by molar-refractivity contribution is 9.10. The van der Waals surface area contributed by atoms with Crippen molar-refractivity contribution in [3.63, 3.8) is 0 Å². The molecule has 2 rings (SSSR count). The van der Waals surface area contributed by atoms with Crippen molar-refractivity contribution in [3.05, 3.63) is 44.7 Å². The lowest BCUT2D eigenvalue weighted by molar-refractivity contribution is 1.31. The average Bonchev–Trinajstić information content (AvgIpc) is 2.19. The summed E-state index contributed by atoms with van der Waals surface area (Å²) in [5.74, 6) is 0. The fraction of sp³-hybridized carbons (Fsp3) is 0. The monoisotopic (exact) mass is 248 g/mol. The maximum atomic E-state index is 11.5. The minimum absolute atomic E-state index is 0.142. The normalized spacial score (nSPS) is 10.0. The molecule has 1 aromatic carbocycles. The van der Waals surface area contributed by atoms with Gasteiger partial charge in [-0.2, -0.15) is 5.26 Å². The molecule has 4 heteroatoms. The third kappa shape index (κ3) is 1.42. The second kappa shape index (κ2) is 3.28. The van der Waals surface area contributed by atoms with Crippen LogP contribution in [0.3, 0.4) is 0 Å². The standard InChI is InChI=1S/C10H5BrN2O/c11-6-1-2-9-8(3-6)10(14)4-7(5-12)13-9/h1-4H,(H,13,14). The third-order valence-electron chi connectivity index (χ3n) is 1.91. The number of nitrogens with zero attached hydrogens (tertiary/aromatic N) is 1. The van der Waals surface area contributed by atoms with Crippen LogP contribution < -0.4 is 5.43 Å². The van der Waals surface area contributed by atoms with E-state index in [1.165, 1.54) is 6.07 Å². The van der Waals surface area contributed by atoms with E-state index in [2.05, 4.69) is 20.9 Å². The van der Waals surface area contributed by atoms with E-state index in [4.69, 9.17) is 5.26 Å². The first-order valence-electron chi connectivity index (χ1n) is 3.93. The number of pyridine rings is 1. The number of hydrogen-bond acceptors (Lipinski definition) is 2. The van der Waals surface area contributed by atoms with Crippen molar-refractivity contribution in [1.29, 1.82) is 5.26 Å². The van der Waals surface area contributed by atoms with Crippen LogP contribution in [-0.4, -0.2) is 4.98 Å². The van der Waals surface area contributed by atoms with E-state index >= 15 is 0 Å². The number of hydrogen-bond donors (Lipinski definition) is 1. The average molecular weight is 249 g/mol. The summed E-state index contributed by atoms with van der Waals surface area (Å²) in [6, 6.07) is 8.52. The summed E-state index contributed by atoms with van der Waals surface area (Å²) in [5.41, 5.74) is 0.818. The molecule has 0 fully saturated rings. The van der Waals surface area contributed by atoms with Crippen molar-refractivity contribution in [1.82, 2.24) is 4.98 Å². The third-order valence-corrected chi connectivity index (χ3v) is 2.41. The lowest BCUT2D eigenvalue weighted by Crippen LogP contribution is -2.02. The Kier molecular flexibility index (Phi) is 2.10. The minimum atomic E-state index is -0.142. The van der Waals surface area contributed by atoms with Gasteiger partial charge in [0.2, 0.25) is 0 Å². The first-order valence-corrected chi connectivity index (χ1v) is 4.73. The zero-order valence-corrected chi connectivity index (χ0v) is 8.63. The van der Waals surface area contributed by atoms with Gasteiger partial charge in [0.1, 0.15) is 11.8 Å². The Bertz CT molecular complexity index is 595. The van der Waals surface area contributed by atoms with Crippen molar-refractivity contribution < 1.29 is 0 Å². The highest BCUT2D eigenvalue weighted by Crippen LogP contribution is 2.15. The van der Waals surface area contributed by atoms with Gasteiger partial charge in [0.15, 0.2) is 5.43 Å². The molecule has 14 heavy (non-hydrogen) atoms. The van der Waals surface area contributed by atoms with Crippen LogP contribution in [0.4, 0.5) is 0 Å². The molecule has 0 bridgehead atoms. The molecule has 0 radical (unpaired) electrons. The van der Waals surface area contributed by atoms with Gasteiger partial charge in [0, 0.05) is 15.9 Å². The summed E-state index contributed by atoms with van der Waals surface area (Å²) in [4.78, 5) is 14.4. The molecule has 0 saturated heterocycles. The fourth-order valence-electron chi connectivity index (χ4n) is 1.28. The highest BCUT2D eigenvalue weighted by atomic mass is 79.9. The van der Waals surface area contributed by atoms with Crippen LogP contribution in [0.5, 0.6) is 0 Å². The molecule has 0 unspecified atom stereocenters. The number of H-pyrrole nitrogens is 1. The number of rotatable bonds is 0. The number of aromatic nitrogens is 1. The van der Waals surface area contributed by atoms with Crippen molar-refractivity contribution in [2.24, 2.45) is 0 Å². The van der Waals surface area contributed by atoms with Gasteiger partial charge in [-0.3, -0.25) is 4.79 Å². The second-order valence-corrected chi connectivity index (χ2v) is 3.76. The van der Waals surface area contributed by atoms with Gasteiger partial charge >= 0.3 is 0 Å². The number of nitriles is 1. The molecule has 0 aliphatic carbocycles. The summed E-state index contributed by atoms with van der Waals surface area (Å²) in [7, 11) is 0. The molecule has 1 N–H and O–H groups in total. The van der Waals surface area contributed by atoms with Gasteiger partial charge in [-0.15, -0.1) is 0 Å². The van der Waals surface area contributed by atoms with Gasteiger partial charge < -0.3 is 4.98 Å². The molecule has 0 spiro atoms. The molecule has 0 amide bonds. The SMILES string of the molecule is N#Cc1cc(=O)c2cc(Br)ccc2[nH]1. The first kappa shape index (κ1) is 8.97. The van der Waals surface area contributed by atoms with E-state index in [-0.39, 0.29) is 11.1 Å². The summed E-state index contributed by atoms with van der Waals surface area (Å²) < 4.78 is 0.847. The van der Waals surface area contributed by atoms with Gasteiger partial charge in [-0.25, -0.2) is 0 Å². The van der Waals surface area contributed by atoms with Gasteiger partial charge in [-0.05, 0) is 18.2 Å². The van der Waals surface area contributed by atoms with Crippen LogP contribution in [-0.2, 0) is 0 Å². The topological polar surface area (TPSA) is 56.6 Å². The van der Waals surface area contributed by atoms with E-state index in [0.29, 0.717) is 10.9 Å². The molecule has 0 aliphatic heterocycles. The smallest absolute Gasteiger partial charge is 0.190 e. The van der Waals surface area contributed by atoms with E-state index in [1.807, 2.05) is 12.1 Å². The fourth-order valence-corrected chi connectivity index (χ4v) is 1.64. The summed E-state index contributed by atoms with van der Waals surface area (Å²) >= 11 is 3.28. The molecular formula is C10H5BrN2O. The molecule has 1 aromatic heterocycles. The first-order chi connectivity index (χ1) is 6.70. The highest BCUT2D eigenvalue weighted by Gasteiger charge is 2.01. The second-order valence-electron chi connectivity index (χ2n) is 2.85. The number of aromatic amines is 1. The summed E-state index contributed by atoms with van der Waals surface area (Å²) in [5, 5.41) is 9.23. The summed E-state index contributed by atoms with van der Waals surface area (Å²) in [6.07, 6.45) is 0. The largest absolute Gasteiger partial charge is 0.346 e. The van der Waals surface area contributed by atoms with E-state index in [9.17, 15) is 4.79 Å². The van der Waals surface area contributed by atoms with Crippen LogP contribution in [0, 0.1) is 11.3 Å².